The van der Waals surface area contributed by atoms with Gasteiger partial charge in [-0.3, -0.25) is 19.2 Å². The van der Waals surface area contributed by atoms with Crippen molar-refractivity contribution in [3.8, 4) is 0 Å². The second-order valence-electron chi connectivity index (χ2n) is 8.39. The van der Waals surface area contributed by atoms with Crippen LogP contribution < -0.4 is 16.0 Å². The van der Waals surface area contributed by atoms with Crippen LogP contribution in [0.5, 0.6) is 0 Å². The Morgan fingerprint density at radius 1 is 1.16 bits per heavy atom. The third-order valence-electron chi connectivity index (χ3n) is 5.89. The van der Waals surface area contributed by atoms with Crippen LogP contribution >= 0.6 is 0 Å². The van der Waals surface area contributed by atoms with Gasteiger partial charge in [0.1, 0.15) is 6.04 Å². The first-order chi connectivity index (χ1) is 15.3. The summed E-state index contributed by atoms with van der Waals surface area (Å²) < 4.78 is 4.53. The number of likely N-dealkylation sites (tertiary alicyclic amines) is 1. The highest BCUT2D eigenvalue weighted by Gasteiger charge is 2.30. The molecule has 2 atom stereocenters. The minimum absolute atomic E-state index is 0.0576. The van der Waals surface area contributed by atoms with Crippen LogP contribution in [0.25, 0.3) is 0 Å². The average Bonchev–Trinajstić information content (AvgIpc) is 2.79. The fourth-order valence-corrected chi connectivity index (χ4v) is 4.02. The third kappa shape index (κ3) is 8.81. The lowest BCUT2D eigenvalue weighted by Crippen LogP contribution is -2.52. The number of nitrogens with zero attached hydrogens (tertiary/aromatic N) is 1. The monoisotopic (exact) mass is 454 g/mol. The Morgan fingerprint density at radius 3 is 2.53 bits per heavy atom. The van der Waals surface area contributed by atoms with Gasteiger partial charge in [-0.2, -0.15) is 0 Å². The van der Waals surface area contributed by atoms with E-state index >= 15 is 0 Å². The van der Waals surface area contributed by atoms with Gasteiger partial charge in [0.25, 0.3) is 5.91 Å². The number of rotatable bonds is 10. The number of esters is 1. The van der Waals surface area contributed by atoms with Crippen molar-refractivity contribution in [2.75, 3.05) is 39.3 Å². The maximum Gasteiger partial charge on any atom is 0.328 e. The van der Waals surface area contributed by atoms with Gasteiger partial charge in [0.05, 0.1) is 5.92 Å². The summed E-state index contributed by atoms with van der Waals surface area (Å²) in [5.74, 6) is -2.90. The molecule has 0 aromatic carbocycles. The van der Waals surface area contributed by atoms with Gasteiger partial charge in [-0.05, 0) is 51.1 Å². The van der Waals surface area contributed by atoms with E-state index in [0.717, 1.165) is 39.3 Å². The van der Waals surface area contributed by atoms with Gasteiger partial charge < -0.3 is 30.7 Å². The zero-order valence-electron chi connectivity index (χ0n) is 18.6. The van der Waals surface area contributed by atoms with Crippen LogP contribution in [0.15, 0.2) is 0 Å². The fourth-order valence-electron chi connectivity index (χ4n) is 4.02. The first-order valence-electron chi connectivity index (χ1n) is 11.2. The molecule has 2 saturated heterocycles. The zero-order chi connectivity index (χ0) is 23.5. The molecule has 0 bridgehead atoms. The molecule has 2 rings (SSSR count). The van der Waals surface area contributed by atoms with E-state index in [-0.39, 0.29) is 18.4 Å². The lowest BCUT2D eigenvalue weighted by Gasteiger charge is -2.33. The number of carbonyl (C=O) groups excluding carboxylic acids is 4. The number of hydrogen-bond donors (Lipinski definition) is 4. The molecule has 0 aromatic rings. The normalized spacial score (nSPS) is 20.2. The predicted octanol–water partition coefficient (Wildman–Crippen LogP) is -0.746. The van der Waals surface area contributed by atoms with Crippen molar-refractivity contribution in [1.29, 1.82) is 0 Å². The Hall–Kier alpha value is -2.69. The lowest BCUT2D eigenvalue weighted by atomic mass is 9.92. The van der Waals surface area contributed by atoms with E-state index in [0.29, 0.717) is 38.3 Å². The van der Waals surface area contributed by atoms with Crippen LogP contribution in [0.2, 0.25) is 0 Å². The summed E-state index contributed by atoms with van der Waals surface area (Å²) in [7, 11) is 0. The zero-order valence-corrected chi connectivity index (χ0v) is 18.6. The minimum atomic E-state index is -1.35. The Morgan fingerprint density at radius 2 is 1.88 bits per heavy atom. The van der Waals surface area contributed by atoms with E-state index in [1.165, 1.54) is 0 Å². The minimum Gasteiger partial charge on any atom is -0.480 e. The molecule has 0 aromatic heterocycles. The molecule has 0 radical (unpaired) electrons. The highest BCUT2D eigenvalue weighted by molar-refractivity contribution is 5.86. The van der Waals surface area contributed by atoms with Gasteiger partial charge >= 0.3 is 11.9 Å². The molecular formula is C21H34N4O7. The summed E-state index contributed by atoms with van der Waals surface area (Å²) in [6.45, 7) is 3.16. The SMILES string of the molecule is CC(=O)OCC(=O)N[C@H](CNC(=O)[C@@H]1CCCN(C(=O)CCC2CCNCC2)C1)C(=O)O. The number of carbonyl (C=O) groups is 5. The Balaban J connectivity index is 1.77. The molecule has 0 aliphatic carbocycles. The standard InChI is InChI=1S/C21H34N4O7/c1-14(26)32-13-18(27)24-17(21(30)31)11-23-20(29)16-3-2-10-25(12-16)19(28)5-4-15-6-8-22-9-7-15/h15-17,22H,2-13H2,1H3,(H,23,29)(H,24,27)(H,30,31)/t16-,17-/m1/s1. The number of nitrogens with one attached hydrogen (secondary N) is 3. The van der Waals surface area contributed by atoms with Crippen molar-refractivity contribution in [3.05, 3.63) is 0 Å². The second kappa shape index (κ2) is 13.0. The smallest absolute Gasteiger partial charge is 0.328 e. The molecule has 2 fully saturated rings. The number of aliphatic carboxylic acids is 1. The van der Waals surface area contributed by atoms with Crippen LogP contribution in [-0.4, -0.2) is 85.0 Å². The molecule has 2 heterocycles. The Bertz CT molecular complexity index is 694. The number of carboxylic acids is 1. The number of piperidine rings is 2. The predicted molar refractivity (Wildman–Crippen MR) is 113 cm³/mol. The van der Waals surface area contributed by atoms with Crippen molar-refractivity contribution < 1.29 is 33.8 Å². The highest BCUT2D eigenvalue weighted by Crippen LogP contribution is 2.21. The van der Waals surface area contributed by atoms with Gasteiger partial charge in [-0.25, -0.2) is 4.79 Å². The fraction of sp³-hybridized carbons (Fsp3) is 0.762. The van der Waals surface area contributed by atoms with Gasteiger partial charge in [-0.1, -0.05) is 0 Å². The summed E-state index contributed by atoms with van der Waals surface area (Å²) >= 11 is 0. The number of carboxylic acid groups (broad SMARTS) is 1. The highest BCUT2D eigenvalue weighted by atomic mass is 16.5. The van der Waals surface area contributed by atoms with Crippen molar-refractivity contribution in [2.45, 2.75) is 51.5 Å². The summed E-state index contributed by atoms with van der Waals surface area (Å²) in [5, 5.41) is 17.4. The quantitative estimate of drug-likeness (QED) is 0.315. The molecule has 0 saturated carbocycles. The van der Waals surface area contributed by atoms with Gasteiger partial charge in [0.15, 0.2) is 6.61 Å². The van der Waals surface area contributed by atoms with Crippen molar-refractivity contribution in [1.82, 2.24) is 20.9 Å². The van der Waals surface area contributed by atoms with Crippen LogP contribution in [0.1, 0.15) is 45.4 Å². The van der Waals surface area contributed by atoms with Crippen LogP contribution in [0, 0.1) is 11.8 Å². The van der Waals surface area contributed by atoms with E-state index in [2.05, 4.69) is 20.7 Å². The summed E-state index contributed by atoms with van der Waals surface area (Å²) in [6.07, 6.45) is 4.83. The summed E-state index contributed by atoms with van der Waals surface area (Å²) in [4.78, 5) is 60.7. The first kappa shape index (κ1) is 25.6. The van der Waals surface area contributed by atoms with Gasteiger partial charge in [0.2, 0.25) is 11.8 Å². The number of ether oxygens (including phenoxy) is 1. The van der Waals surface area contributed by atoms with E-state index in [4.69, 9.17) is 0 Å². The third-order valence-corrected chi connectivity index (χ3v) is 5.89. The van der Waals surface area contributed by atoms with Crippen LogP contribution in [0.3, 0.4) is 0 Å². The number of amides is 3. The molecule has 180 valence electrons. The molecule has 2 aliphatic rings. The van der Waals surface area contributed by atoms with Crippen molar-refractivity contribution in [2.24, 2.45) is 11.8 Å². The average molecular weight is 455 g/mol. The van der Waals surface area contributed by atoms with Crippen molar-refractivity contribution in [3.63, 3.8) is 0 Å². The van der Waals surface area contributed by atoms with Gasteiger partial charge in [0, 0.05) is 33.0 Å². The molecule has 2 aliphatic heterocycles. The Labute approximate surface area is 187 Å². The molecule has 11 nitrogen and oxygen atoms in total. The topological polar surface area (TPSA) is 154 Å². The molecule has 3 amide bonds. The second-order valence-corrected chi connectivity index (χ2v) is 8.39. The molecule has 4 N–H and O–H groups in total. The van der Waals surface area contributed by atoms with E-state index in [1.54, 1.807) is 4.90 Å². The summed E-state index contributed by atoms with van der Waals surface area (Å²) in [5.41, 5.74) is 0. The number of hydrogen-bond acceptors (Lipinski definition) is 7. The Kier molecular flexibility index (Phi) is 10.4. The first-order valence-corrected chi connectivity index (χ1v) is 11.2. The lowest BCUT2D eigenvalue weighted by molar-refractivity contribution is -0.148. The maximum absolute atomic E-state index is 12.6. The largest absolute Gasteiger partial charge is 0.480 e. The van der Waals surface area contributed by atoms with Crippen LogP contribution in [-0.2, 0) is 28.7 Å². The van der Waals surface area contributed by atoms with Gasteiger partial charge in [-0.15, -0.1) is 0 Å². The van der Waals surface area contributed by atoms with E-state index in [9.17, 15) is 29.1 Å². The molecular weight excluding hydrogens is 420 g/mol. The maximum atomic E-state index is 12.6. The van der Waals surface area contributed by atoms with E-state index < -0.39 is 36.4 Å². The van der Waals surface area contributed by atoms with E-state index in [1.807, 2.05) is 0 Å². The molecule has 11 heteroatoms. The molecule has 0 unspecified atom stereocenters. The molecule has 32 heavy (non-hydrogen) atoms. The van der Waals surface area contributed by atoms with Crippen LogP contribution in [0.4, 0.5) is 0 Å². The van der Waals surface area contributed by atoms with Crippen molar-refractivity contribution >= 4 is 29.7 Å². The molecule has 0 spiro atoms. The summed E-state index contributed by atoms with van der Waals surface area (Å²) in [6, 6.07) is -1.35.